The van der Waals surface area contributed by atoms with Gasteiger partial charge in [0.25, 0.3) is 0 Å². The lowest BCUT2D eigenvalue weighted by Crippen LogP contribution is -2.73. The van der Waals surface area contributed by atoms with Crippen molar-refractivity contribution >= 4 is 23.6 Å². The summed E-state index contributed by atoms with van der Waals surface area (Å²) >= 11 is 1.74. The molecule has 0 radical (unpaired) electrons. The average molecular weight is 591 g/mol. The summed E-state index contributed by atoms with van der Waals surface area (Å²) in [5, 5.41) is 3.67. The van der Waals surface area contributed by atoms with Gasteiger partial charge in [0.2, 0.25) is 5.91 Å². The molecule has 2 unspecified atom stereocenters. The number of nitrogens with zero attached hydrogens (tertiary/aromatic N) is 1. The first-order chi connectivity index (χ1) is 21.1. The number of carbonyl (C=O) groups is 2. The van der Waals surface area contributed by atoms with Crippen LogP contribution in [0.25, 0.3) is 0 Å². The van der Waals surface area contributed by atoms with E-state index < -0.39 is 22.4 Å². The van der Waals surface area contributed by atoms with Gasteiger partial charge in [-0.05, 0) is 35.1 Å². The Morgan fingerprint density at radius 2 is 1.30 bits per heavy atom. The fourth-order valence-electron chi connectivity index (χ4n) is 6.87. The summed E-state index contributed by atoms with van der Waals surface area (Å²) in [6, 6.07) is 39.4. The molecule has 218 valence electrons. The highest BCUT2D eigenvalue weighted by molar-refractivity contribution is 8.01. The Hall–Kier alpha value is -3.91. The van der Waals surface area contributed by atoms with E-state index in [4.69, 9.17) is 9.47 Å². The van der Waals surface area contributed by atoms with Crippen LogP contribution in [0.2, 0.25) is 0 Å². The van der Waals surface area contributed by atoms with Crippen LogP contribution in [0.15, 0.2) is 121 Å². The molecule has 3 aliphatic heterocycles. The third-order valence-electron chi connectivity index (χ3n) is 8.99. The molecule has 43 heavy (non-hydrogen) atoms. The van der Waals surface area contributed by atoms with Crippen LogP contribution in [-0.4, -0.2) is 52.2 Å². The molecule has 3 aliphatic rings. The molecule has 7 heteroatoms. The normalized spacial score (nSPS) is 22.6. The van der Waals surface area contributed by atoms with E-state index in [0.717, 1.165) is 22.3 Å². The number of fused-ring (bicyclic) bond motifs is 1. The van der Waals surface area contributed by atoms with Gasteiger partial charge in [-0.2, -0.15) is 0 Å². The number of rotatable bonds is 8. The molecule has 3 heterocycles. The summed E-state index contributed by atoms with van der Waals surface area (Å²) in [6.07, 6.45) is 1.38. The summed E-state index contributed by atoms with van der Waals surface area (Å²) in [5.41, 5.74) is 3.27. The lowest BCUT2D eigenvalue weighted by Gasteiger charge is -2.49. The highest BCUT2D eigenvalue weighted by atomic mass is 32.2. The summed E-state index contributed by atoms with van der Waals surface area (Å²) in [4.78, 5) is 29.8. The van der Waals surface area contributed by atoms with Crippen molar-refractivity contribution in [1.29, 1.82) is 0 Å². The molecule has 1 spiro atoms. The minimum atomic E-state index is -0.786. The molecule has 3 fully saturated rings. The zero-order valence-corrected chi connectivity index (χ0v) is 24.6. The second-order valence-corrected chi connectivity index (χ2v) is 12.9. The van der Waals surface area contributed by atoms with Gasteiger partial charge in [0.1, 0.15) is 24.1 Å². The standard InChI is InChI=1S/C36H34N2O4S/c39-32-30(37-36(27-15-7-2-8-16-27,28-17-9-3-10-18-28)29-19-11-4-12-20-29)33-38(32)31(35(43-33)21-23-41-24-22-35)34(40)42-25-26-13-5-1-6-14-26/h1-20,30-31,33,37H,21-25H2/t30?,31?,33-/m0/s1. The number of ether oxygens (including phenoxy) is 2. The maximum Gasteiger partial charge on any atom is 0.330 e. The number of hydrogen-bond acceptors (Lipinski definition) is 6. The van der Waals surface area contributed by atoms with E-state index in [2.05, 4.69) is 41.7 Å². The SMILES string of the molecule is O=C(OCc1ccccc1)C1N2C(=O)C(NC(c3ccccc3)(c3ccccc3)c3ccccc3)[C@@H]2SC12CCOCC2. The van der Waals surface area contributed by atoms with Gasteiger partial charge in [0.05, 0.1) is 10.3 Å². The first kappa shape index (κ1) is 27.9. The number of β-lactam (4-membered cyclic amide) rings is 1. The van der Waals surface area contributed by atoms with Crippen LogP contribution in [-0.2, 0) is 31.2 Å². The van der Waals surface area contributed by atoms with Crippen molar-refractivity contribution in [1.82, 2.24) is 10.2 Å². The van der Waals surface area contributed by atoms with E-state index in [1.54, 1.807) is 16.7 Å². The third kappa shape index (κ3) is 4.85. The number of carbonyl (C=O) groups excluding carboxylic acids is 2. The number of amides is 1. The van der Waals surface area contributed by atoms with Crippen molar-refractivity contribution in [2.24, 2.45) is 0 Å². The van der Waals surface area contributed by atoms with E-state index in [1.165, 1.54) is 0 Å². The molecule has 0 aliphatic carbocycles. The fraction of sp³-hybridized carbons (Fsp3) is 0.278. The Bertz CT molecular complexity index is 1470. The summed E-state index contributed by atoms with van der Waals surface area (Å²) in [5.74, 6) is -0.414. The van der Waals surface area contributed by atoms with Crippen molar-refractivity contribution < 1.29 is 19.1 Å². The third-order valence-corrected chi connectivity index (χ3v) is 10.8. The number of esters is 1. The maximum atomic E-state index is 14.2. The van der Waals surface area contributed by atoms with Gasteiger partial charge in [-0.3, -0.25) is 10.1 Å². The fourth-order valence-corrected chi connectivity index (χ4v) is 8.75. The molecule has 7 rings (SSSR count). The molecule has 4 aromatic rings. The predicted octanol–water partition coefficient (Wildman–Crippen LogP) is 5.51. The Kier molecular flexibility index (Phi) is 7.55. The number of benzene rings is 4. The zero-order valence-electron chi connectivity index (χ0n) is 23.8. The molecule has 3 atom stereocenters. The Morgan fingerprint density at radius 1 is 0.814 bits per heavy atom. The maximum absolute atomic E-state index is 14.2. The van der Waals surface area contributed by atoms with Crippen molar-refractivity contribution in [2.75, 3.05) is 13.2 Å². The van der Waals surface area contributed by atoms with Gasteiger partial charge in [-0.15, -0.1) is 11.8 Å². The summed E-state index contributed by atoms with van der Waals surface area (Å²) in [7, 11) is 0. The smallest absolute Gasteiger partial charge is 0.330 e. The largest absolute Gasteiger partial charge is 0.459 e. The van der Waals surface area contributed by atoms with Crippen LogP contribution in [0.3, 0.4) is 0 Å². The zero-order chi connectivity index (χ0) is 29.3. The predicted molar refractivity (Wildman–Crippen MR) is 167 cm³/mol. The van der Waals surface area contributed by atoms with Gasteiger partial charge in [0, 0.05) is 13.2 Å². The average Bonchev–Trinajstić information content (AvgIpc) is 3.36. The Labute approximate surface area is 256 Å². The topological polar surface area (TPSA) is 67.9 Å². The van der Waals surface area contributed by atoms with Crippen LogP contribution in [0, 0.1) is 0 Å². The number of nitrogens with one attached hydrogen (secondary N) is 1. The van der Waals surface area contributed by atoms with Crippen LogP contribution in [0.4, 0.5) is 0 Å². The lowest BCUT2D eigenvalue weighted by molar-refractivity contribution is -0.166. The monoisotopic (exact) mass is 590 g/mol. The molecule has 3 saturated heterocycles. The molecular formula is C36H34N2O4S. The van der Waals surface area contributed by atoms with E-state index in [0.29, 0.717) is 26.1 Å². The molecule has 1 amide bonds. The van der Waals surface area contributed by atoms with E-state index in [-0.39, 0.29) is 23.9 Å². The molecule has 0 saturated carbocycles. The Balaban J connectivity index is 1.25. The molecule has 6 nitrogen and oxygen atoms in total. The first-order valence-corrected chi connectivity index (χ1v) is 15.7. The summed E-state index contributed by atoms with van der Waals surface area (Å²) in [6.45, 7) is 1.30. The van der Waals surface area contributed by atoms with Crippen LogP contribution in [0.5, 0.6) is 0 Å². The molecule has 1 N–H and O–H groups in total. The van der Waals surface area contributed by atoms with Crippen LogP contribution in [0.1, 0.15) is 35.1 Å². The van der Waals surface area contributed by atoms with Gasteiger partial charge in [-0.1, -0.05) is 121 Å². The quantitative estimate of drug-likeness (QED) is 0.166. The lowest BCUT2D eigenvalue weighted by atomic mass is 9.75. The van der Waals surface area contributed by atoms with Crippen LogP contribution >= 0.6 is 11.8 Å². The van der Waals surface area contributed by atoms with Crippen LogP contribution < -0.4 is 5.32 Å². The van der Waals surface area contributed by atoms with E-state index >= 15 is 0 Å². The van der Waals surface area contributed by atoms with Gasteiger partial charge < -0.3 is 14.4 Å². The summed E-state index contributed by atoms with van der Waals surface area (Å²) < 4.78 is 11.2. The number of hydrogen-bond donors (Lipinski definition) is 1. The Morgan fingerprint density at radius 3 is 1.81 bits per heavy atom. The van der Waals surface area contributed by atoms with Crippen molar-refractivity contribution in [3.63, 3.8) is 0 Å². The van der Waals surface area contributed by atoms with Gasteiger partial charge >= 0.3 is 5.97 Å². The highest BCUT2D eigenvalue weighted by Gasteiger charge is 2.68. The molecule has 0 bridgehead atoms. The molecule has 0 aromatic heterocycles. The molecule has 4 aromatic carbocycles. The minimum Gasteiger partial charge on any atom is -0.459 e. The second-order valence-electron chi connectivity index (χ2n) is 11.4. The molecular weight excluding hydrogens is 556 g/mol. The van der Waals surface area contributed by atoms with Gasteiger partial charge in [-0.25, -0.2) is 4.79 Å². The van der Waals surface area contributed by atoms with Crippen molar-refractivity contribution in [2.45, 2.75) is 47.2 Å². The number of thioether (sulfide) groups is 1. The minimum absolute atomic E-state index is 0.0744. The van der Waals surface area contributed by atoms with E-state index in [9.17, 15) is 9.59 Å². The van der Waals surface area contributed by atoms with Crippen molar-refractivity contribution in [3.8, 4) is 0 Å². The second kappa shape index (κ2) is 11.6. The van der Waals surface area contributed by atoms with Crippen molar-refractivity contribution in [3.05, 3.63) is 144 Å². The van der Waals surface area contributed by atoms with E-state index in [1.807, 2.05) is 84.9 Å². The first-order valence-electron chi connectivity index (χ1n) is 14.8. The highest BCUT2D eigenvalue weighted by Crippen LogP contribution is 2.56. The van der Waals surface area contributed by atoms with Gasteiger partial charge in [0.15, 0.2) is 0 Å².